The van der Waals surface area contributed by atoms with Gasteiger partial charge in [0.15, 0.2) is 19.0 Å². The van der Waals surface area contributed by atoms with E-state index in [1.54, 1.807) is 49.4 Å². The molecule has 158 valence electrons. The molecule has 1 unspecified atom stereocenters. The number of ether oxygens (including phenoxy) is 2. The van der Waals surface area contributed by atoms with Crippen LogP contribution in [0.15, 0.2) is 42.5 Å². The van der Waals surface area contributed by atoms with Gasteiger partial charge in [-0.05, 0) is 51.1 Å². The zero-order valence-corrected chi connectivity index (χ0v) is 17.7. The van der Waals surface area contributed by atoms with Gasteiger partial charge in [0, 0.05) is 11.6 Å². The first-order chi connectivity index (χ1) is 14.3. The Morgan fingerprint density at radius 2 is 1.93 bits per heavy atom. The van der Waals surface area contributed by atoms with Gasteiger partial charge in [-0.15, -0.1) is 0 Å². The fourth-order valence-corrected chi connectivity index (χ4v) is 3.27. The molecule has 8 heteroatoms. The number of nitrogens with zero attached hydrogens (tertiary/aromatic N) is 1. The second-order valence-corrected chi connectivity index (χ2v) is 7.62. The molecular formula is C22H23ClN2O5. The first-order valence-corrected chi connectivity index (χ1v) is 9.95. The number of carbonyl (C=O) groups excluding carboxylic acids is 3. The topological polar surface area (TPSA) is 84.9 Å². The molecule has 1 heterocycles. The Bertz CT molecular complexity index is 976. The maximum Gasteiger partial charge on any atom is 0.265 e. The molecule has 0 saturated heterocycles. The number of Topliss-reactive ketones (excluding diaryl/α,β-unsaturated/α-hetero) is 1. The van der Waals surface area contributed by atoms with Gasteiger partial charge in [-0.2, -0.15) is 0 Å². The number of rotatable bonds is 7. The van der Waals surface area contributed by atoms with Crippen molar-refractivity contribution < 1.29 is 23.9 Å². The Hall–Kier alpha value is -3.06. The number of hydrogen-bond donors (Lipinski definition) is 1. The molecule has 0 aromatic heterocycles. The van der Waals surface area contributed by atoms with Gasteiger partial charge in [-0.1, -0.05) is 23.7 Å². The van der Waals surface area contributed by atoms with Crippen LogP contribution in [0.5, 0.6) is 11.5 Å². The van der Waals surface area contributed by atoms with Crippen molar-refractivity contribution in [2.75, 3.05) is 18.1 Å². The lowest BCUT2D eigenvalue weighted by Crippen LogP contribution is -2.52. The highest BCUT2D eigenvalue weighted by Gasteiger charge is 2.33. The Morgan fingerprint density at radius 1 is 1.20 bits per heavy atom. The van der Waals surface area contributed by atoms with Crippen molar-refractivity contribution in [1.29, 1.82) is 0 Å². The van der Waals surface area contributed by atoms with E-state index in [-0.39, 0.29) is 36.9 Å². The molecular weight excluding hydrogens is 408 g/mol. The smallest absolute Gasteiger partial charge is 0.265 e. The SMILES string of the molecule is CC(C)NC(=O)C(C)N1C(=O)COc2ccc(C(=O)COc3ccccc3Cl)cc21. The van der Waals surface area contributed by atoms with Crippen molar-refractivity contribution in [3.05, 3.63) is 53.1 Å². The van der Waals surface area contributed by atoms with Crippen LogP contribution < -0.4 is 19.7 Å². The highest BCUT2D eigenvalue weighted by molar-refractivity contribution is 6.32. The van der Waals surface area contributed by atoms with Crippen LogP contribution in [0, 0.1) is 0 Å². The average molecular weight is 431 g/mol. The Balaban J connectivity index is 1.82. The summed E-state index contributed by atoms with van der Waals surface area (Å²) in [6.45, 7) is 4.93. The van der Waals surface area contributed by atoms with Crippen LogP contribution in [0.3, 0.4) is 0 Å². The van der Waals surface area contributed by atoms with Crippen LogP contribution >= 0.6 is 11.6 Å². The molecule has 7 nitrogen and oxygen atoms in total. The molecule has 1 atom stereocenters. The minimum Gasteiger partial charge on any atom is -0.484 e. The zero-order chi connectivity index (χ0) is 21.8. The minimum absolute atomic E-state index is 0.0644. The second-order valence-electron chi connectivity index (χ2n) is 7.22. The number of para-hydroxylation sites is 1. The first kappa shape index (κ1) is 21.6. The fourth-order valence-electron chi connectivity index (χ4n) is 3.08. The van der Waals surface area contributed by atoms with Crippen LogP contribution in [0.4, 0.5) is 5.69 Å². The molecule has 2 amide bonds. The van der Waals surface area contributed by atoms with Crippen molar-refractivity contribution in [3.63, 3.8) is 0 Å². The average Bonchev–Trinajstić information content (AvgIpc) is 2.71. The summed E-state index contributed by atoms with van der Waals surface area (Å²) in [4.78, 5) is 39.0. The van der Waals surface area contributed by atoms with Crippen LogP contribution in [-0.2, 0) is 9.59 Å². The number of carbonyl (C=O) groups is 3. The van der Waals surface area contributed by atoms with Crippen molar-refractivity contribution in [1.82, 2.24) is 5.32 Å². The van der Waals surface area contributed by atoms with E-state index in [4.69, 9.17) is 21.1 Å². The minimum atomic E-state index is -0.757. The van der Waals surface area contributed by atoms with Crippen LogP contribution in [0.1, 0.15) is 31.1 Å². The number of anilines is 1. The third-order valence-electron chi connectivity index (χ3n) is 4.55. The molecule has 0 spiro atoms. The maximum atomic E-state index is 12.7. The normalized spacial score (nSPS) is 14.0. The number of hydrogen-bond acceptors (Lipinski definition) is 5. The Kier molecular flexibility index (Phi) is 6.62. The predicted octanol–water partition coefficient (Wildman–Crippen LogP) is 3.24. The lowest BCUT2D eigenvalue weighted by molar-refractivity contribution is -0.127. The summed E-state index contributed by atoms with van der Waals surface area (Å²) in [5.74, 6) is -0.0993. The van der Waals surface area contributed by atoms with Gasteiger partial charge in [0.2, 0.25) is 5.91 Å². The van der Waals surface area contributed by atoms with E-state index in [9.17, 15) is 14.4 Å². The van der Waals surface area contributed by atoms with Gasteiger partial charge >= 0.3 is 0 Å². The molecule has 1 aliphatic rings. The van der Waals surface area contributed by atoms with Crippen LogP contribution in [0.2, 0.25) is 5.02 Å². The van der Waals surface area contributed by atoms with Gasteiger partial charge in [0.1, 0.15) is 17.5 Å². The summed E-state index contributed by atoms with van der Waals surface area (Å²) in [6.07, 6.45) is 0. The van der Waals surface area contributed by atoms with Gasteiger partial charge in [0.25, 0.3) is 5.91 Å². The van der Waals surface area contributed by atoms with Crippen LogP contribution in [-0.4, -0.2) is 42.9 Å². The third kappa shape index (κ3) is 4.74. The highest BCUT2D eigenvalue weighted by atomic mass is 35.5. The molecule has 0 aliphatic carbocycles. The van der Waals surface area contributed by atoms with Gasteiger partial charge in [-0.25, -0.2) is 0 Å². The summed E-state index contributed by atoms with van der Waals surface area (Å²) < 4.78 is 11.0. The van der Waals surface area contributed by atoms with E-state index >= 15 is 0 Å². The monoisotopic (exact) mass is 430 g/mol. The lowest BCUT2D eigenvalue weighted by atomic mass is 10.1. The van der Waals surface area contributed by atoms with E-state index in [1.807, 2.05) is 13.8 Å². The number of nitrogens with one attached hydrogen (secondary N) is 1. The van der Waals surface area contributed by atoms with Crippen molar-refractivity contribution in [2.24, 2.45) is 0 Å². The summed E-state index contributed by atoms with van der Waals surface area (Å²) in [5, 5.41) is 3.21. The van der Waals surface area contributed by atoms with E-state index < -0.39 is 6.04 Å². The predicted molar refractivity (Wildman–Crippen MR) is 113 cm³/mol. The summed E-state index contributed by atoms with van der Waals surface area (Å²) in [5.41, 5.74) is 0.710. The molecule has 0 saturated carbocycles. The molecule has 0 bridgehead atoms. The van der Waals surface area contributed by atoms with Gasteiger partial charge in [-0.3, -0.25) is 19.3 Å². The van der Waals surface area contributed by atoms with Crippen molar-refractivity contribution >= 4 is 34.9 Å². The molecule has 2 aromatic carbocycles. The molecule has 0 fully saturated rings. The van der Waals surface area contributed by atoms with Crippen LogP contribution in [0.25, 0.3) is 0 Å². The van der Waals surface area contributed by atoms with E-state index in [2.05, 4.69) is 5.32 Å². The quantitative estimate of drug-likeness (QED) is 0.681. The highest BCUT2D eigenvalue weighted by Crippen LogP contribution is 2.34. The standard InChI is InChI=1S/C22H23ClN2O5/c1-13(2)24-22(28)14(3)25-17-10-15(8-9-20(17)30-12-21(25)27)18(26)11-29-19-7-5-4-6-16(19)23/h4-10,13-14H,11-12H2,1-3H3,(H,24,28). The molecule has 2 aromatic rings. The number of benzene rings is 2. The fraction of sp³-hybridized carbons (Fsp3) is 0.318. The number of ketones is 1. The third-order valence-corrected chi connectivity index (χ3v) is 4.87. The summed E-state index contributed by atoms with van der Waals surface area (Å²) >= 11 is 6.05. The second kappa shape index (κ2) is 9.17. The van der Waals surface area contributed by atoms with E-state index in [0.717, 1.165) is 0 Å². The summed E-state index contributed by atoms with van der Waals surface area (Å²) in [6, 6.07) is 10.8. The van der Waals surface area contributed by atoms with Gasteiger partial charge < -0.3 is 14.8 Å². The van der Waals surface area contributed by atoms with Crippen molar-refractivity contribution in [3.8, 4) is 11.5 Å². The van der Waals surface area contributed by atoms with E-state index in [0.29, 0.717) is 27.8 Å². The van der Waals surface area contributed by atoms with Crippen molar-refractivity contribution in [2.45, 2.75) is 32.9 Å². The largest absolute Gasteiger partial charge is 0.484 e. The summed E-state index contributed by atoms with van der Waals surface area (Å²) in [7, 11) is 0. The lowest BCUT2D eigenvalue weighted by Gasteiger charge is -2.33. The first-order valence-electron chi connectivity index (χ1n) is 9.57. The molecule has 30 heavy (non-hydrogen) atoms. The zero-order valence-electron chi connectivity index (χ0n) is 17.0. The van der Waals surface area contributed by atoms with E-state index in [1.165, 1.54) is 4.90 Å². The maximum absolute atomic E-state index is 12.7. The Labute approximate surface area is 179 Å². The number of halogens is 1. The molecule has 1 N–H and O–H groups in total. The van der Waals surface area contributed by atoms with Gasteiger partial charge in [0.05, 0.1) is 10.7 Å². The number of amides is 2. The Morgan fingerprint density at radius 3 is 2.63 bits per heavy atom. The molecule has 1 aliphatic heterocycles. The molecule has 3 rings (SSSR count). The molecule has 0 radical (unpaired) electrons. The number of fused-ring (bicyclic) bond motifs is 1.